The first-order valence-electron chi connectivity index (χ1n) is 17.4. The van der Waals surface area contributed by atoms with Gasteiger partial charge in [0.05, 0.1) is 22.1 Å². The largest absolute Gasteiger partial charge is 0.310 e. The van der Waals surface area contributed by atoms with E-state index in [1.807, 2.05) is 6.08 Å². The van der Waals surface area contributed by atoms with Gasteiger partial charge < -0.3 is 9.13 Å². The van der Waals surface area contributed by atoms with Crippen molar-refractivity contribution in [2.24, 2.45) is 4.99 Å². The summed E-state index contributed by atoms with van der Waals surface area (Å²) in [6.07, 6.45) is 5.88. The minimum Gasteiger partial charge on any atom is -0.310 e. The minimum atomic E-state index is 1.06. The highest BCUT2D eigenvalue weighted by molar-refractivity contribution is 6.25. The van der Waals surface area contributed by atoms with Crippen LogP contribution in [0.15, 0.2) is 175 Å². The summed E-state index contributed by atoms with van der Waals surface area (Å²) in [7, 11) is 0. The van der Waals surface area contributed by atoms with Crippen LogP contribution in [-0.2, 0) is 0 Å². The van der Waals surface area contributed by atoms with Crippen LogP contribution >= 0.6 is 0 Å². The summed E-state index contributed by atoms with van der Waals surface area (Å²) in [5.74, 6) is 0. The zero-order chi connectivity index (χ0) is 34.1. The number of para-hydroxylation sites is 2. The van der Waals surface area contributed by atoms with Crippen LogP contribution in [0.4, 0.5) is 0 Å². The second-order valence-corrected chi connectivity index (χ2v) is 13.2. The quantitative estimate of drug-likeness (QED) is 0.100. The molecule has 0 saturated carbocycles. The van der Waals surface area contributed by atoms with Crippen LogP contribution in [0.2, 0.25) is 0 Å². The monoisotopic (exact) mass is 651 g/mol. The Morgan fingerprint density at radius 2 is 0.941 bits per heavy atom. The molecule has 0 atom stereocenters. The van der Waals surface area contributed by atoms with Crippen molar-refractivity contribution in [2.45, 2.75) is 6.92 Å². The first-order chi connectivity index (χ1) is 25.2. The maximum Gasteiger partial charge on any atom is 0.0541 e. The Morgan fingerprint density at radius 3 is 1.57 bits per heavy atom. The zero-order valence-corrected chi connectivity index (χ0v) is 28.2. The summed E-state index contributed by atoms with van der Waals surface area (Å²) in [5, 5.41) is 12.6. The molecule has 2 heterocycles. The number of nitrogens with zero attached hydrogens (tertiary/aromatic N) is 3. The van der Waals surface area contributed by atoms with Crippen molar-refractivity contribution in [3.63, 3.8) is 0 Å². The van der Waals surface area contributed by atoms with Gasteiger partial charge in [0.15, 0.2) is 0 Å². The average Bonchev–Trinajstić information content (AvgIpc) is 3.70. The van der Waals surface area contributed by atoms with Gasteiger partial charge in [-0.3, -0.25) is 4.99 Å². The van der Waals surface area contributed by atoms with Gasteiger partial charge in [-0.1, -0.05) is 109 Å². The molecule has 0 amide bonds. The van der Waals surface area contributed by atoms with Crippen molar-refractivity contribution in [1.29, 1.82) is 0 Å². The fourth-order valence-electron chi connectivity index (χ4n) is 8.32. The first-order valence-corrected chi connectivity index (χ1v) is 17.4. The normalized spacial score (nSPS) is 12.5. The van der Waals surface area contributed by atoms with Crippen molar-refractivity contribution in [3.8, 4) is 16.8 Å². The van der Waals surface area contributed by atoms with Crippen LogP contribution in [0, 0.1) is 0 Å². The van der Waals surface area contributed by atoms with Gasteiger partial charge in [0.2, 0.25) is 0 Å². The molecule has 0 bridgehead atoms. The van der Waals surface area contributed by atoms with Gasteiger partial charge >= 0.3 is 0 Å². The molecule has 8 aromatic carbocycles. The molecule has 10 rings (SSSR count). The van der Waals surface area contributed by atoms with Crippen LogP contribution < -0.4 is 0 Å². The van der Waals surface area contributed by atoms with Gasteiger partial charge in [0.25, 0.3) is 0 Å². The third-order valence-electron chi connectivity index (χ3n) is 10.6. The maximum atomic E-state index is 3.96. The van der Waals surface area contributed by atoms with E-state index in [2.05, 4.69) is 186 Å². The van der Waals surface area contributed by atoms with Gasteiger partial charge in [0.1, 0.15) is 0 Å². The summed E-state index contributed by atoms with van der Waals surface area (Å²) in [6.45, 7) is 5.70. The Kier molecular flexibility index (Phi) is 6.55. The molecule has 0 aliphatic rings. The molecule has 10 aromatic rings. The Labute approximate surface area is 295 Å². The molecule has 0 fully saturated rings. The first kappa shape index (κ1) is 29.2. The highest BCUT2D eigenvalue weighted by Crippen LogP contribution is 2.40. The molecule has 0 saturated heterocycles. The van der Waals surface area contributed by atoms with E-state index in [4.69, 9.17) is 0 Å². The zero-order valence-electron chi connectivity index (χ0n) is 28.2. The number of allylic oxidation sites excluding steroid dienone is 3. The Hall–Kier alpha value is -6.71. The van der Waals surface area contributed by atoms with E-state index in [-0.39, 0.29) is 0 Å². The topological polar surface area (TPSA) is 22.2 Å². The van der Waals surface area contributed by atoms with E-state index in [1.165, 1.54) is 81.5 Å². The molecule has 3 heteroatoms. The molecule has 0 aliphatic carbocycles. The Morgan fingerprint density at radius 1 is 0.471 bits per heavy atom. The molecule has 0 N–H and O–H groups in total. The van der Waals surface area contributed by atoms with E-state index >= 15 is 0 Å². The van der Waals surface area contributed by atoms with E-state index in [0.717, 1.165) is 16.9 Å². The summed E-state index contributed by atoms with van der Waals surface area (Å²) in [5.41, 5.74) is 9.34. The molecule has 0 unspecified atom stereocenters. The predicted molar refractivity (Wildman–Crippen MR) is 220 cm³/mol. The Bertz CT molecular complexity index is 3080. The molecule has 0 radical (unpaired) electrons. The summed E-state index contributed by atoms with van der Waals surface area (Å²) in [4.78, 5) is 3.96. The van der Waals surface area contributed by atoms with Gasteiger partial charge in [-0.25, -0.2) is 0 Å². The summed E-state index contributed by atoms with van der Waals surface area (Å²) in [6, 6.07) is 55.7. The second-order valence-electron chi connectivity index (χ2n) is 13.2. The molecule has 0 aliphatic heterocycles. The summed E-state index contributed by atoms with van der Waals surface area (Å²) >= 11 is 0. The van der Waals surface area contributed by atoms with Crippen molar-refractivity contribution in [3.05, 3.63) is 170 Å². The molecular formula is C48H33N3. The van der Waals surface area contributed by atoms with Crippen molar-refractivity contribution in [1.82, 2.24) is 9.13 Å². The number of benzene rings is 8. The number of hydrogen-bond donors (Lipinski definition) is 0. The number of aromatic nitrogens is 2. The van der Waals surface area contributed by atoms with Crippen LogP contribution in [0.25, 0.3) is 98.4 Å². The van der Waals surface area contributed by atoms with Crippen molar-refractivity contribution < 1.29 is 0 Å². The fraction of sp³-hybridized carbons (Fsp3) is 0.0208. The van der Waals surface area contributed by atoms with Crippen LogP contribution in [-0.4, -0.2) is 15.9 Å². The lowest BCUT2D eigenvalue weighted by Gasteiger charge is -2.14. The fourth-order valence-corrected chi connectivity index (χ4v) is 8.32. The van der Waals surface area contributed by atoms with Crippen molar-refractivity contribution >= 4 is 88.3 Å². The third-order valence-corrected chi connectivity index (χ3v) is 10.6. The second kappa shape index (κ2) is 11.4. The lowest BCUT2D eigenvalue weighted by Crippen LogP contribution is -1.94. The Balaban J connectivity index is 1.17. The van der Waals surface area contributed by atoms with E-state index in [1.54, 1.807) is 6.20 Å². The number of rotatable bonds is 5. The van der Waals surface area contributed by atoms with Gasteiger partial charge in [0, 0.05) is 39.1 Å². The summed E-state index contributed by atoms with van der Waals surface area (Å²) < 4.78 is 4.74. The molecule has 51 heavy (non-hydrogen) atoms. The van der Waals surface area contributed by atoms with Gasteiger partial charge in [-0.2, -0.15) is 0 Å². The van der Waals surface area contributed by atoms with E-state index in [9.17, 15) is 0 Å². The predicted octanol–water partition coefficient (Wildman–Crippen LogP) is 13.1. The molecule has 0 spiro atoms. The maximum absolute atomic E-state index is 3.96. The molecule has 3 nitrogen and oxygen atoms in total. The number of hydrogen-bond acceptors (Lipinski definition) is 1. The number of aliphatic imine (C=N–C) groups is 1. The van der Waals surface area contributed by atoms with Crippen molar-refractivity contribution in [2.75, 3.05) is 0 Å². The highest BCUT2D eigenvalue weighted by Gasteiger charge is 2.17. The van der Waals surface area contributed by atoms with Crippen LogP contribution in [0.3, 0.4) is 0 Å². The lowest BCUT2D eigenvalue weighted by molar-refractivity contribution is 1.19. The van der Waals surface area contributed by atoms with E-state index in [0.29, 0.717) is 0 Å². The van der Waals surface area contributed by atoms with Crippen LogP contribution in [0.5, 0.6) is 0 Å². The standard InChI is InChI=1S/C48H33N3/c1-3-33(26-27-49-2)50-45-18-10-8-16-40(45)43-28-31(20-24-47(43)50)32-21-25-48-44(29-32)41-17-9-11-19-46(41)51(48)34-22-23-39-37-14-5-4-12-35(37)36-13-6-7-15-38(36)42(39)30-34/h3-30H,2H2,1H3/b27-26-,33-3+. The molecule has 240 valence electrons. The molecule has 2 aromatic heterocycles. The SMILES string of the molecule is C=N/C=C\C(=C/C)n1c2ccccc2c2cc(-c3ccc4c(c3)c3ccccc3n4-c3ccc4c5ccccc5c5ccccc5c4c3)ccc21. The van der Waals surface area contributed by atoms with Gasteiger partial charge in [-0.15, -0.1) is 0 Å². The number of fused-ring (bicyclic) bond motifs is 12. The molecular weight excluding hydrogens is 619 g/mol. The third kappa shape index (κ3) is 4.35. The highest BCUT2D eigenvalue weighted by atomic mass is 15.0. The van der Waals surface area contributed by atoms with Crippen LogP contribution in [0.1, 0.15) is 6.92 Å². The van der Waals surface area contributed by atoms with Gasteiger partial charge in [-0.05, 0) is 112 Å². The smallest absolute Gasteiger partial charge is 0.0541 e. The van der Waals surface area contributed by atoms with E-state index < -0.39 is 0 Å². The average molecular weight is 652 g/mol. The minimum absolute atomic E-state index is 1.06. The lowest BCUT2D eigenvalue weighted by atomic mass is 9.94.